The van der Waals surface area contributed by atoms with E-state index in [0.29, 0.717) is 6.04 Å². The maximum atomic E-state index is 4.58. The number of hydrogen-bond donors (Lipinski definition) is 1. The molecule has 1 aromatic rings. The van der Waals surface area contributed by atoms with E-state index >= 15 is 0 Å². The van der Waals surface area contributed by atoms with E-state index in [9.17, 15) is 0 Å². The molecule has 1 aliphatic rings. The third-order valence-electron chi connectivity index (χ3n) is 3.28. The van der Waals surface area contributed by atoms with Crippen LogP contribution in [0.25, 0.3) is 0 Å². The van der Waals surface area contributed by atoms with E-state index in [1.54, 1.807) is 0 Å². The minimum absolute atomic E-state index is 0.548. The lowest BCUT2D eigenvalue weighted by Crippen LogP contribution is -2.22. The maximum absolute atomic E-state index is 4.58. The zero-order chi connectivity index (χ0) is 12.1. The molecule has 2 rings (SSSR count). The summed E-state index contributed by atoms with van der Waals surface area (Å²) < 4.78 is 0. The fraction of sp³-hybridized carbons (Fsp3) is 0.769. The summed E-state index contributed by atoms with van der Waals surface area (Å²) in [5.74, 6) is 1.35. The smallest absolute Gasteiger partial charge is 0.0938 e. The topological polar surface area (TPSA) is 24.9 Å². The minimum atomic E-state index is 0.548. The highest BCUT2D eigenvalue weighted by Crippen LogP contribution is 2.29. The van der Waals surface area contributed by atoms with Gasteiger partial charge in [-0.05, 0) is 39.0 Å². The maximum Gasteiger partial charge on any atom is 0.0938 e. The van der Waals surface area contributed by atoms with Gasteiger partial charge in [0.05, 0.1) is 5.01 Å². The molecule has 0 aromatic carbocycles. The first-order valence-electron chi connectivity index (χ1n) is 6.50. The Kier molecular flexibility index (Phi) is 5.32. The van der Waals surface area contributed by atoms with Crippen LogP contribution in [-0.2, 0) is 12.8 Å². The number of nitrogens with one attached hydrogen (secondary N) is 1. The van der Waals surface area contributed by atoms with Crippen LogP contribution in [0.1, 0.15) is 36.1 Å². The van der Waals surface area contributed by atoms with Crippen molar-refractivity contribution in [3.63, 3.8) is 0 Å². The molecule has 2 heterocycles. The van der Waals surface area contributed by atoms with Crippen molar-refractivity contribution in [3.8, 4) is 0 Å². The summed E-state index contributed by atoms with van der Waals surface area (Å²) >= 11 is 4.05. The van der Waals surface area contributed by atoms with Crippen LogP contribution in [0.2, 0.25) is 0 Å². The van der Waals surface area contributed by atoms with Crippen molar-refractivity contribution >= 4 is 23.1 Å². The predicted molar refractivity (Wildman–Crippen MR) is 78.1 cm³/mol. The molecule has 4 heteroatoms. The Morgan fingerprint density at radius 2 is 2.41 bits per heavy atom. The number of nitrogens with zero attached hydrogens (tertiary/aromatic N) is 1. The molecule has 1 saturated heterocycles. The molecular formula is C13H22N2S2. The lowest BCUT2D eigenvalue weighted by atomic mass is 10.1. The van der Waals surface area contributed by atoms with Crippen molar-refractivity contribution in [3.05, 3.63) is 16.1 Å². The van der Waals surface area contributed by atoms with Crippen molar-refractivity contribution in [2.75, 3.05) is 12.8 Å². The van der Waals surface area contributed by atoms with Gasteiger partial charge in [-0.25, -0.2) is 4.98 Å². The van der Waals surface area contributed by atoms with E-state index in [0.717, 1.165) is 11.7 Å². The van der Waals surface area contributed by atoms with Crippen molar-refractivity contribution < 1.29 is 0 Å². The third kappa shape index (κ3) is 4.27. The Hall–Kier alpha value is -0.0600. The second kappa shape index (κ2) is 6.76. The largest absolute Gasteiger partial charge is 0.317 e. The summed E-state index contributed by atoms with van der Waals surface area (Å²) in [7, 11) is 2.02. The number of rotatable bonds is 5. The molecule has 17 heavy (non-hydrogen) atoms. The highest BCUT2D eigenvalue weighted by Gasteiger charge is 2.16. The Bertz CT molecular complexity index is 332. The van der Waals surface area contributed by atoms with Crippen molar-refractivity contribution in [1.29, 1.82) is 0 Å². The fourth-order valence-electron chi connectivity index (χ4n) is 2.10. The van der Waals surface area contributed by atoms with Gasteiger partial charge in [0.1, 0.15) is 0 Å². The van der Waals surface area contributed by atoms with Gasteiger partial charge in [-0.1, -0.05) is 6.42 Å². The van der Waals surface area contributed by atoms with Crippen molar-refractivity contribution in [1.82, 2.24) is 10.3 Å². The lowest BCUT2D eigenvalue weighted by molar-refractivity contribution is 0.612. The molecular weight excluding hydrogens is 248 g/mol. The van der Waals surface area contributed by atoms with E-state index < -0.39 is 0 Å². The number of thiazole rings is 1. The lowest BCUT2D eigenvalue weighted by Gasteiger charge is -2.19. The van der Waals surface area contributed by atoms with E-state index in [1.807, 2.05) is 18.4 Å². The van der Waals surface area contributed by atoms with Crippen LogP contribution >= 0.6 is 23.1 Å². The van der Waals surface area contributed by atoms with Gasteiger partial charge in [0.15, 0.2) is 0 Å². The number of hydrogen-bond acceptors (Lipinski definition) is 4. The van der Waals surface area contributed by atoms with Gasteiger partial charge >= 0.3 is 0 Å². The summed E-state index contributed by atoms with van der Waals surface area (Å²) in [6, 6.07) is 0.548. The van der Waals surface area contributed by atoms with E-state index in [1.165, 1.54) is 41.3 Å². The summed E-state index contributed by atoms with van der Waals surface area (Å²) in [4.78, 5) is 5.99. The van der Waals surface area contributed by atoms with Gasteiger partial charge in [0.25, 0.3) is 0 Å². The fourth-order valence-corrected chi connectivity index (χ4v) is 4.65. The number of likely N-dealkylation sites (N-methyl/N-ethyl adjacent to an activating group) is 1. The standard InChI is InChI=1S/C13H22N2S2/c1-10(14-2)7-12-9-15-13(17-12)8-11-5-3-4-6-16-11/h9-11,14H,3-8H2,1-2H3. The zero-order valence-corrected chi connectivity index (χ0v) is 12.4. The predicted octanol–water partition coefficient (Wildman–Crippen LogP) is 3.12. The van der Waals surface area contributed by atoms with Gasteiger partial charge in [0.2, 0.25) is 0 Å². The molecule has 1 fully saturated rings. The summed E-state index contributed by atoms with van der Waals surface area (Å²) in [5, 5.41) is 5.44. The Labute approximate surface area is 113 Å². The first-order valence-corrected chi connectivity index (χ1v) is 8.37. The summed E-state index contributed by atoms with van der Waals surface area (Å²) in [6.07, 6.45) is 8.56. The molecule has 2 atom stereocenters. The van der Waals surface area contributed by atoms with Crippen LogP contribution in [0.4, 0.5) is 0 Å². The van der Waals surface area contributed by atoms with Crippen molar-refractivity contribution in [2.45, 2.75) is 50.3 Å². The van der Waals surface area contributed by atoms with E-state index in [-0.39, 0.29) is 0 Å². The normalized spacial score (nSPS) is 22.6. The monoisotopic (exact) mass is 270 g/mol. The molecule has 2 nitrogen and oxygen atoms in total. The third-order valence-corrected chi connectivity index (χ3v) is 5.72. The summed E-state index contributed by atoms with van der Waals surface area (Å²) in [5.41, 5.74) is 0. The molecule has 0 spiro atoms. The quantitative estimate of drug-likeness (QED) is 0.890. The molecule has 2 unspecified atom stereocenters. The molecule has 0 radical (unpaired) electrons. The second-order valence-corrected chi connectivity index (χ2v) is 7.41. The van der Waals surface area contributed by atoms with Crippen LogP contribution in [0.15, 0.2) is 6.20 Å². The minimum Gasteiger partial charge on any atom is -0.317 e. The first kappa shape index (κ1) is 13.4. The highest BCUT2D eigenvalue weighted by atomic mass is 32.2. The van der Waals surface area contributed by atoms with E-state index in [2.05, 4.69) is 35.2 Å². The Balaban J connectivity index is 1.84. The average Bonchev–Trinajstić information content (AvgIpc) is 2.77. The van der Waals surface area contributed by atoms with Crippen LogP contribution in [-0.4, -0.2) is 29.1 Å². The summed E-state index contributed by atoms with van der Waals surface area (Å²) in [6.45, 7) is 2.22. The second-order valence-electron chi connectivity index (χ2n) is 4.81. The SMILES string of the molecule is CNC(C)Cc1cnc(CC2CCCCS2)s1. The molecule has 0 bridgehead atoms. The Morgan fingerprint density at radius 3 is 3.12 bits per heavy atom. The van der Waals surface area contributed by atoms with Gasteiger partial charge < -0.3 is 5.32 Å². The van der Waals surface area contributed by atoms with Gasteiger partial charge in [0, 0.05) is 28.8 Å². The molecule has 1 aromatic heterocycles. The zero-order valence-electron chi connectivity index (χ0n) is 10.7. The van der Waals surface area contributed by atoms with Gasteiger partial charge in [-0.2, -0.15) is 11.8 Å². The van der Waals surface area contributed by atoms with Gasteiger partial charge in [-0.15, -0.1) is 11.3 Å². The molecule has 1 aliphatic heterocycles. The molecule has 0 saturated carbocycles. The number of thioether (sulfide) groups is 1. The van der Waals surface area contributed by atoms with Crippen LogP contribution in [0.5, 0.6) is 0 Å². The van der Waals surface area contributed by atoms with Crippen LogP contribution < -0.4 is 5.32 Å². The molecule has 0 aliphatic carbocycles. The number of aromatic nitrogens is 1. The van der Waals surface area contributed by atoms with Crippen molar-refractivity contribution in [2.24, 2.45) is 0 Å². The molecule has 96 valence electrons. The Morgan fingerprint density at radius 1 is 1.53 bits per heavy atom. The van der Waals surface area contributed by atoms with Crippen LogP contribution in [0, 0.1) is 0 Å². The van der Waals surface area contributed by atoms with Gasteiger partial charge in [-0.3, -0.25) is 0 Å². The first-order chi connectivity index (χ1) is 8.28. The van der Waals surface area contributed by atoms with Crippen LogP contribution in [0.3, 0.4) is 0 Å². The molecule has 1 N–H and O–H groups in total. The molecule has 0 amide bonds. The average molecular weight is 270 g/mol. The van der Waals surface area contributed by atoms with E-state index in [4.69, 9.17) is 0 Å². The highest BCUT2D eigenvalue weighted by molar-refractivity contribution is 7.99.